The van der Waals surface area contributed by atoms with E-state index in [2.05, 4.69) is 21.4 Å². The zero-order chi connectivity index (χ0) is 33.1. The Morgan fingerprint density at radius 2 is 1.61 bits per heavy atom. The third-order valence-electron chi connectivity index (χ3n) is 6.05. The Hall–Kier alpha value is -3.87. The normalized spacial score (nSPS) is 12.6. The first-order valence-corrected chi connectivity index (χ1v) is 15.1. The fourth-order valence-electron chi connectivity index (χ4n) is 3.89. The van der Waals surface area contributed by atoms with Crippen LogP contribution in [-0.4, -0.2) is 79.4 Å². The molecule has 0 aromatic heterocycles. The summed E-state index contributed by atoms with van der Waals surface area (Å²) in [4.78, 5) is 62.6. The molecular weight excluding hydrogens is 570 g/mol. The van der Waals surface area contributed by atoms with E-state index in [-0.39, 0.29) is 32.0 Å². The highest BCUT2D eigenvalue weighted by Gasteiger charge is 2.29. The van der Waals surface area contributed by atoms with Crippen molar-refractivity contribution in [2.45, 2.75) is 97.9 Å². The maximum atomic E-state index is 13.3. The zero-order valence-corrected chi connectivity index (χ0v) is 27.2. The zero-order valence-electron chi connectivity index (χ0n) is 27.2. The molecule has 44 heavy (non-hydrogen) atoms. The number of hydrazine groups is 1. The number of carbonyl (C=O) groups is 5. The van der Waals surface area contributed by atoms with Gasteiger partial charge in [0, 0.05) is 26.1 Å². The van der Waals surface area contributed by atoms with Crippen molar-refractivity contribution in [1.82, 2.24) is 26.4 Å². The summed E-state index contributed by atoms with van der Waals surface area (Å²) in [5.41, 5.74) is 2.73. The summed E-state index contributed by atoms with van der Waals surface area (Å²) >= 11 is 0. The van der Waals surface area contributed by atoms with Crippen LogP contribution in [0.3, 0.4) is 0 Å². The molecule has 0 bridgehead atoms. The summed E-state index contributed by atoms with van der Waals surface area (Å²) in [6.45, 7) is 11.3. The molecule has 0 saturated carbocycles. The van der Waals surface area contributed by atoms with E-state index in [9.17, 15) is 24.0 Å². The van der Waals surface area contributed by atoms with Gasteiger partial charge in [0.2, 0.25) is 11.8 Å². The molecule has 13 heteroatoms. The largest absolute Gasteiger partial charge is 0.465 e. The van der Waals surface area contributed by atoms with Crippen molar-refractivity contribution in [2.75, 3.05) is 26.7 Å². The van der Waals surface area contributed by atoms with Crippen molar-refractivity contribution in [3.63, 3.8) is 0 Å². The Balaban J connectivity index is 2.77. The number of amides is 4. The summed E-state index contributed by atoms with van der Waals surface area (Å²) in [5, 5.41) is 9.46. The van der Waals surface area contributed by atoms with Crippen LogP contribution in [0.15, 0.2) is 30.3 Å². The average molecular weight is 622 g/mol. The lowest BCUT2D eigenvalue weighted by Crippen LogP contribution is -2.54. The molecule has 2 atom stereocenters. The van der Waals surface area contributed by atoms with Gasteiger partial charge in [0.25, 0.3) is 0 Å². The number of hydrogen-bond acceptors (Lipinski definition) is 9. The molecule has 13 nitrogen and oxygen atoms in total. The number of ether oxygens (including phenoxy) is 3. The highest BCUT2D eigenvalue weighted by atomic mass is 16.6. The molecule has 4 amide bonds. The average Bonchev–Trinajstić information content (AvgIpc) is 2.92. The number of alkyl carbamates (subject to hydrolysis) is 2. The monoisotopic (exact) mass is 621 g/mol. The maximum Gasteiger partial charge on any atom is 0.408 e. The van der Waals surface area contributed by atoms with E-state index in [1.54, 1.807) is 34.6 Å². The second-order valence-corrected chi connectivity index (χ2v) is 11.9. The molecular formula is C31H51N5O8. The van der Waals surface area contributed by atoms with Crippen molar-refractivity contribution in [3.05, 3.63) is 35.9 Å². The highest BCUT2D eigenvalue weighted by molar-refractivity contribution is 5.87. The standard InChI is InChI=1S/C31H51N5O8/c1-8-9-18-42-26(38)20-36(7)35-25(37)19-24(16-13-17-32-29(40)43-21-23-14-11-10-12-15-23)33-28(39)27(22(2)3)34-30(41)44-31(4,5)6/h10-12,14-15,22,24,27H,8-9,13,16-21H2,1-7H3,(H,32,40)(H,33,39)(H,34,41)(H,35,37)/t24-,27-/m0/s1. The Labute approximate surface area is 261 Å². The minimum absolute atomic E-state index is 0.114. The summed E-state index contributed by atoms with van der Waals surface area (Å²) in [7, 11) is 1.54. The second-order valence-electron chi connectivity index (χ2n) is 11.9. The molecule has 0 aliphatic rings. The molecule has 0 heterocycles. The summed E-state index contributed by atoms with van der Waals surface area (Å²) in [6.07, 6.45) is 0.969. The lowest BCUT2D eigenvalue weighted by Gasteiger charge is -2.27. The van der Waals surface area contributed by atoms with Crippen LogP contribution in [0, 0.1) is 5.92 Å². The summed E-state index contributed by atoms with van der Waals surface area (Å²) in [5.74, 6) is -1.66. The first kappa shape index (κ1) is 38.2. The van der Waals surface area contributed by atoms with E-state index in [1.807, 2.05) is 37.3 Å². The van der Waals surface area contributed by atoms with Gasteiger partial charge < -0.3 is 30.2 Å². The van der Waals surface area contributed by atoms with Gasteiger partial charge in [-0.25, -0.2) is 14.6 Å². The van der Waals surface area contributed by atoms with Gasteiger partial charge >= 0.3 is 18.2 Å². The van der Waals surface area contributed by atoms with Crippen LogP contribution in [0.25, 0.3) is 0 Å². The highest BCUT2D eigenvalue weighted by Crippen LogP contribution is 2.11. The molecule has 1 aromatic carbocycles. The van der Waals surface area contributed by atoms with E-state index in [0.717, 1.165) is 18.4 Å². The summed E-state index contributed by atoms with van der Waals surface area (Å²) in [6, 6.07) is 7.71. The fraction of sp³-hybridized carbons (Fsp3) is 0.645. The van der Waals surface area contributed by atoms with Crippen LogP contribution in [-0.2, 0) is 35.2 Å². The number of unbranched alkanes of at least 4 members (excludes halogenated alkanes) is 1. The van der Waals surface area contributed by atoms with Gasteiger partial charge in [-0.2, -0.15) is 0 Å². The Morgan fingerprint density at radius 3 is 2.23 bits per heavy atom. The van der Waals surface area contributed by atoms with Crippen LogP contribution in [0.5, 0.6) is 0 Å². The fourth-order valence-corrected chi connectivity index (χ4v) is 3.89. The number of carbonyl (C=O) groups excluding carboxylic acids is 5. The molecule has 1 rings (SSSR count). The molecule has 0 radical (unpaired) electrons. The van der Waals surface area contributed by atoms with Crippen LogP contribution >= 0.6 is 0 Å². The quantitative estimate of drug-likeness (QED) is 0.0832. The number of nitrogens with one attached hydrogen (secondary N) is 4. The van der Waals surface area contributed by atoms with Crippen LogP contribution < -0.4 is 21.4 Å². The van der Waals surface area contributed by atoms with Gasteiger partial charge in [0.1, 0.15) is 24.8 Å². The minimum Gasteiger partial charge on any atom is -0.465 e. The van der Waals surface area contributed by atoms with Crippen molar-refractivity contribution >= 4 is 30.0 Å². The molecule has 0 fully saturated rings. The van der Waals surface area contributed by atoms with Crippen molar-refractivity contribution in [3.8, 4) is 0 Å². The van der Waals surface area contributed by atoms with Crippen LogP contribution in [0.4, 0.5) is 9.59 Å². The van der Waals surface area contributed by atoms with E-state index < -0.39 is 47.7 Å². The van der Waals surface area contributed by atoms with Gasteiger partial charge in [-0.05, 0) is 51.5 Å². The Morgan fingerprint density at radius 1 is 0.932 bits per heavy atom. The SMILES string of the molecule is CCCCOC(=O)CN(C)NC(=O)C[C@H](CCCNC(=O)OCc1ccccc1)NC(=O)[C@@H](NC(=O)OC(C)(C)C)C(C)C. The third-order valence-corrected chi connectivity index (χ3v) is 6.05. The number of rotatable bonds is 18. The number of hydrogen-bond donors (Lipinski definition) is 4. The lowest BCUT2D eigenvalue weighted by molar-refractivity contribution is -0.146. The van der Waals surface area contributed by atoms with E-state index in [0.29, 0.717) is 19.4 Å². The molecule has 0 spiro atoms. The topological polar surface area (TPSA) is 164 Å². The minimum atomic E-state index is -0.915. The molecule has 248 valence electrons. The van der Waals surface area contributed by atoms with Gasteiger partial charge in [0.15, 0.2) is 0 Å². The van der Waals surface area contributed by atoms with Gasteiger partial charge in [-0.3, -0.25) is 19.8 Å². The van der Waals surface area contributed by atoms with Crippen LogP contribution in [0.2, 0.25) is 0 Å². The van der Waals surface area contributed by atoms with Gasteiger partial charge in [0.05, 0.1) is 6.61 Å². The third kappa shape index (κ3) is 17.9. The van der Waals surface area contributed by atoms with E-state index >= 15 is 0 Å². The molecule has 1 aromatic rings. The predicted molar refractivity (Wildman–Crippen MR) is 165 cm³/mol. The number of benzene rings is 1. The predicted octanol–water partition coefficient (Wildman–Crippen LogP) is 3.42. The summed E-state index contributed by atoms with van der Waals surface area (Å²) < 4.78 is 15.7. The molecule has 0 unspecified atom stereocenters. The smallest absolute Gasteiger partial charge is 0.408 e. The maximum absolute atomic E-state index is 13.3. The van der Waals surface area contributed by atoms with Crippen LogP contribution in [0.1, 0.15) is 79.2 Å². The van der Waals surface area contributed by atoms with E-state index in [4.69, 9.17) is 14.2 Å². The molecule has 0 aliphatic carbocycles. The van der Waals surface area contributed by atoms with Crippen molar-refractivity contribution in [2.24, 2.45) is 5.92 Å². The first-order valence-electron chi connectivity index (χ1n) is 15.1. The van der Waals surface area contributed by atoms with Gasteiger partial charge in [-0.1, -0.05) is 57.5 Å². The number of esters is 1. The Bertz CT molecular complexity index is 1050. The Kier molecular flexibility index (Phi) is 17.5. The number of nitrogens with zero attached hydrogens (tertiary/aromatic N) is 1. The lowest BCUT2D eigenvalue weighted by atomic mass is 10.0. The van der Waals surface area contributed by atoms with Gasteiger partial charge in [-0.15, -0.1) is 0 Å². The first-order chi connectivity index (χ1) is 20.7. The van der Waals surface area contributed by atoms with E-state index in [1.165, 1.54) is 12.1 Å². The van der Waals surface area contributed by atoms with Crippen molar-refractivity contribution < 1.29 is 38.2 Å². The molecule has 0 saturated heterocycles. The molecule has 0 aliphatic heterocycles. The second kappa shape index (κ2) is 20.2. The molecule has 4 N–H and O–H groups in total. The number of likely N-dealkylation sites (N-methyl/N-ethyl adjacent to an activating group) is 1. The van der Waals surface area contributed by atoms with Crippen molar-refractivity contribution in [1.29, 1.82) is 0 Å².